The third-order valence-corrected chi connectivity index (χ3v) is 2.86. The van der Waals surface area contributed by atoms with E-state index in [1.165, 1.54) is 12.1 Å². The van der Waals surface area contributed by atoms with E-state index in [2.05, 4.69) is 15.5 Å². The Labute approximate surface area is 127 Å². The van der Waals surface area contributed by atoms with Crippen LogP contribution in [0.1, 0.15) is 11.7 Å². The van der Waals surface area contributed by atoms with Crippen LogP contribution < -0.4 is 10.1 Å². The molecule has 21 heavy (non-hydrogen) atoms. The van der Waals surface area contributed by atoms with Crippen LogP contribution in [-0.2, 0) is 18.0 Å². The Kier molecular flexibility index (Phi) is 5.49. The molecule has 1 aliphatic rings. The molecule has 0 aliphatic carbocycles. The lowest BCUT2D eigenvalue weighted by molar-refractivity contribution is -0.00397. The number of nitrogens with zero attached hydrogens (tertiary/aromatic N) is 2. The molecule has 2 heterocycles. The van der Waals surface area contributed by atoms with Gasteiger partial charge in [-0.3, -0.25) is 0 Å². The standard InChI is InChI=1S/C13H14FN3O3.ClH/c14-9-2-1-3-10(4-9)18-7-12-16-13(20-17-12)8-19-11-5-15-6-11;/h1-4,11,15H,5-8H2;1H. The first-order chi connectivity index (χ1) is 9.79. The topological polar surface area (TPSA) is 69.4 Å². The van der Waals surface area contributed by atoms with Crippen molar-refractivity contribution >= 4 is 12.4 Å². The molecule has 6 nitrogen and oxygen atoms in total. The molecular formula is C13H15ClFN3O3. The minimum atomic E-state index is -0.348. The SMILES string of the molecule is Cl.Fc1cccc(OCc2noc(COC3CNC3)n2)c1. The summed E-state index contributed by atoms with van der Waals surface area (Å²) < 4.78 is 28.9. The third-order valence-electron chi connectivity index (χ3n) is 2.86. The summed E-state index contributed by atoms with van der Waals surface area (Å²) >= 11 is 0. The quantitative estimate of drug-likeness (QED) is 0.875. The number of ether oxygens (including phenoxy) is 2. The van der Waals surface area contributed by atoms with Crippen LogP contribution in [0.3, 0.4) is 0 Å². The molecule has 1 fully saturated rings. The molecular weight excluding hydrogens is 301 g/mol. The smallest absolute Gasteiger partial charge is 0.252 e. The first kappa shape index (κ1) is 15.7. The number of hydrogen-bond acceptors (Lipinski definition) is 6. The van der Waals surface area contributed by atoms with Crippen LogP contribution in [0.5, 0.6) is 5.75 Å². The molecule has 0 unspecified atom stereocenters. The van der Waals surface area contributed by atoms with Crippen LogP contribution in [-0.4, -0.2) is 29.3 Å². The maximum Gasteiger partial charge on any atom is 0.252 e. The highest BCUT2D eigenvalue weighted by molar-refractivity contribution is 5.85. The van der Waals surface area contributed by atoms with E-state index in [-0.39, 0.29) is 30.9 Å². The molecule has 0 atom stereocenters. The fraction of sp³-hybridized carbons (Fsp3) is 0.385. The van der Waals surface area contributed by atoms with E-state index in [0.29, 0.717) is 24.1 Å². The molecule has 1 saturated heterocycles. The fourth-order valence-electron chi connectivity index (χ4n) is 1.68. The average Bonchev–Trinajstić information content (AvgIpc) is 2.83. The zero-order valence-electron chi connectivity index (χ0n) is 11.1. The molecule has 1 aromatic carbocycles. The molecule has 0 amide bonds. The summed E-state index contributed by atoms with van der Waals surface area (Å²) in [6, 6.07) is 5.89. The summed E-state index contributed by atoms with van der Waals surface area (Å²) in [5.41, 5.74) is 0. The summed E-state index contributed by atoms with van der Waals surface area (Å²) in [6.45, 7) is 2.12. The summed E-state index contributed by atoms with van der Waals surface area (Å²) in [7, 11) is 0. The van der Waals surface area contributed by atoms with Crippen LogP contribution in [0, 0.1) is 5.82 Å². The average molecular weight is 316 g/mol. The van der Waals surface area contributed by atoms with E-state index < -0.39 is 0 Å². The van der Waals surface area contributed by atoms with Crippen LogP contribution in [0.15, 0.2) is 28.8 Å². The number of benzene rings is 1. The van der Waals surface area contributed by atoms with Gasteiger partial charge in [-0.05, 0) is 12.1 Å². The fourth-order valence-corrected chi connectivity index (χ4v) is 1.68. The largest absolute Gasteiger partial charge is 0.485 e. The molecule has 1 aromatic heterocycles. The first-order valence-electron chi connectivity index (χ1n) is 6.32. The van der Waals surface area contributed by atoms with Gasteiger partial charge in [0, 0.05) is 19.2 Å². The second kappa shape index (κ2) is 7.35. The number of hydrogen-bond donors (Lipinski definition) is 1. The number of aromatic nitrogens is 2. The molecule has 0 spiro atoms. The minimum Gasteiger partial charge on any atom is -0.485 e. The Bertz CT molecular complexity index is 577. The predicted molar refractivity (Wildman–Crippen MR) is 73.7 cm³/mol. The normalized spacial score (nSPS) is 14.3. The zero-order valence-corrected chi connectivity index (χ0v) is 11.9. The van der Waals surface area contributed by atoms with Gasteiger partial charge in [0.05, 0.1) is 6.10 Å². The van der Waals surface area contributed by atoms with Crippen molar-refractivity contribution in [1.29, 1.82) is 0 Å². The van der Waals surface area contributed by atoms with Gasteiger partial charge in [-0.15, -0.1) is 12.4 Å². The van der Waals surface area contributed by atoms with E-state index in [9.17, 15) is 4.39 Å². The van der Waals surface area contributed by atoms with Gasteiger partial charge in [0.1, 0.15) is 18.2 Å². The molecule has 8 heteroatoms. The van der Waals surface area contributed by atoms with Gasteiger partial charge in [0.15, 0.2) is 6.61 Å². The van der Waals surface area contributed by atoms with Crippen molar-refractivity contribution in [2.75, 3.05) is 13.1 Å². The van der Waals surface area contributed by atoms with Gasteiger partial charge < -0.3 is 19.3 Å². The van der Waals surface area contributed by atoms with Crippen molar-refractivity contribution in [3.05, 3.63) is 41.8 Å². The highest BCUT2D eigenvalue weighted by atomic mass is 35.5. The lowest BCUT2D eigenvalue weighted by Crippen LogP contribution is -2.48. The Morgan fingerprint density at radius 1 is 1.33 bits per heavy atom. The van der Waals surface area contributed by atoms with Gasteiger partial charge >= 0.3 is 0 Å². The van der Waals surface area contributed by atoms with E-state index in [1.54, 1.807) is 12.1 Å². The van der Waals surface area contributed by atoms with E-state index >= 15 is 0 Å². The molecule has 0 bridgehead atoms. The zero-order chi connectivity index (χ0) is 13.8. The molecule has 2 aromatic rings. The third kappa shape index (κ3) is 4.38. The van der Waals surface area contributed by atoms with Crippen molar-refractivity contribution in [1.82, 2.24) is 15.5 Å². The van der Waals surface area contributed by atoms with Crippen molar-refractivity contribution in [2.24, 2.45) is 0 Å². The van der Waals surface area contributed by atoms with Crippen molar-refractivity contribution in [2.45, 2.75) is 19.3 Å². The summed E-state index contributed by atoms with van der Waals surface area (Å²) in [5.74, 6) is 0.890. The van der Waals surface area contributed by atoms with Crippen molar-refractivity contribution < 1.29 is 18.4 Å². The lowest BCUT2D eigenvalue weighted by Gasteiger charge is -2.26. The number of halogens is 2. The second-order valence-electron chi connectivity index (χ2n) is 4.44. The molecule has 1 aliphatic heterocycles. The molecule has 3 rings (SSSR count). The molecule has 1 N–H and O–H groups in total. The Morgan fingerprint density at radius 3 is 2.90 bits per heavy atom. The maximum atomic E-state index is 13.0. The Balaban J connectivity index is 0.00000161. The predicted octanol–water partition coefficient (Wildman–Crippen LogP) is 1.70. The van der Waals surface area contributed by atoms with Gasteiger partial charge in [-0.1, -0.05) is 11.2 Å². The van der Waals surface area contributed by atoms with Gasteiger partial charge in [-0.2, -0.15) is 4.98 Å². The minimum absolute atomic E-state index is 0. The lowest BCUT2D eigenvalue weighted by atomic mass is 10.2. The van der Waals surface area contributed by atoms with E-state index in [4.69, 9.17) is 14.0 Å². The van der Waals surface area contributed by atoms with Crippen LogP contribution in [0.2, 0.25) is 0 Å². The molecule has 114 valence electrons. The Hall–Kier alpha value is -1.70. The Morgan fingerprint density at radius 2 is 2.19 bits per heavy atom. The first-order valence-corrected chi connectivity index (χ1v) is 6.32. The maximum absolute atomic E-state index is 13.0. The molecule has 0 saturated carbocycles. The van der Waals surface area contributed by atoms with E-state index in [1.807, 2.05) is 0 Å². The van der Waals surface area contributed by atoms with Gasteiger partial charge in [0.25, 0.3) is 5.89 Å². The van der Waals surface area contributed by atoms with E-state index in [0.717, 1.165) is 13.1 Å². The van der Waals surface area contributed by atoms with Gasteiger partial charge in [0.2, 0.25) is 5.82 Å². The molecule has 0 radical (unpaired) electrons. The highest BCUT2D eigenvalue weighted by Crippen LogP contribution is 2.13. The number of nitrogens with one attached hydrogen (secondary N) is 1. The number of rotatable bonds is 6. The van der Waals surface area contributed by atoms with Crippen LogP contribution in [0.25, 0.3) is 0 Å². The van der Waals surface area contributed by atoms with Crippen molar-refractivity contribution in [3.8, 4) is 5.75 Å². The second-order valence-corrected chi connectivity index (χ2v) is 4.44. The summed E-state index contributed by atoms with van der Waals surface area (Å²) in [4.78, 5) is 4.14. The van der Waals surface area contributed by atoms with Gasteiger partial charge in [-0.25, -0.2) is 4.39 Å². The monoisotopic (exact) mass is 315 g/mol. The van der Waals surface area contributed by atoms with Crippen molar-refractivity contribution in [3.63, 3.8) is 0 Å². The summed E-state index contributed by atoms with van der Waals surface area (Å²) in [5, 5.41) is 6.88. The van der Waals surface area contributed by atoms with Crippen LogP contribution >= 0.6 is 12.4 Å². The highest BCUT2D eigenvalue weighted by Gasteiger charge is 2.18. The summed E-state index contributed by atoms with van der Waals surface area (Å²) in [6.07, 6.45) is 0.217. The van der Waals surface area contributed by atoms with Crippen LogP contribution in [0.4, 0.5) is 4.39 Å².